The number of carbonyl (C=O) groups is 1. The summed E-state index contributed by atoms with van der Waals surface area (Å²) in [5, 5.41) is -0.426. The Hall–Kier alpha value is -1.14. The van der Waals surface area contributed by atoms with Gasteiger partial charge in [-0.2, -0.15) is 13.2 Å². The lowest BCUT2D eigenvalue weighted by Gasteiger charge is -2.11. The molecule has 19 heavy (non-hydrogen) atoms. The molecule has 0 N–H and O–H groups in total. The average Bonchev–Trinajstić information content (AvgIpc) is 2.27. The fraction of sp³-hybridized carbons (Fsp3) is 0.500. The molecule has 0 aliphatic heterocycles. The molecule has 1 heterocycles. The smallest absolute Gasteiger partial charge is 0.384 e. The van der Waals surface area contributed by atoms with Gasteiger partial charge in [0.1, 0.15) is 10.8 Å². The van der Waals surface area contributed by atoms with Gasteiger partial charge in [0.25, 0.3) is 0 Å². The zero-order valence-electron chi connectivity index (χ0n) is 10.4. The zero-order chi connectivity index (χ0) is 14.6. The molecule has 0 saturated carbocycles. The molecule has 0 amide bonds. The largest absolute Gasteiger partial charge is 0.433 e. The Morgan fingerprint density at radius 3 is 2.58 bits per heavy atom. The number of rotatable bonds is 5. The van der Waals surface area contributed by atoms with Gasteiger partial charge in [-0.05, 0) is 18.1 Å². The second-order valence-electron chi connectivity index (χ2n) is 4.22. The summed E-state index contributed by atoms with van der Waals surface area (Å²) in [6.45, 7) is 2.18. The monoisotopic (exact) mass is 295 g/mol. The van der Waals surface area contributed by atoms with E-state index in [9.17, 15) is 18.0 Å². The van der Waals surface area contributed by atoms with Crippen molar-refractivity contribution in [1.29, 1.82) is 0 Å². The first-order valence-corrected chi connectivity index (χ1v) is 5.89. The Labute approximate surface area is 113 Å². The van der Waals surface area contributed by atoms with Crippen LogP contribution >= 0.6 is 11.6 Å². The lowest BCUT2D eigenvalue weighted by molar-refractivity contribution is -0.141. The van der Waals surface area contributed by atoms with Crippen LogP contribution in [0.15, 0.2) is 12.1 Å². The van der Waals surface area contributed by atoms with Gasteiger partial charge in [-0.3, -0.25) is 4.79 Å². The van der Waals surface area contributed by atoms with Gasteiger partial charge in [-0.1, -0.05) is 18.5 Å². The molecule has 1 atom stereocenters. The summed E-state index contributed by atoms with van der Waals surface area (Å²) in [6.07, 6.45) is -4.44. The molecule has 0 bridgehead atoms. The number of Topliss-reactive ketones (excluding diaryl/α,β-unsaturated/α-hetero) is 1. The van der Waals surface area contributed by atoms with E-state index in [1.807, 2.05) is 0 Å². The third-order valence-corrected chi connectivity index (χ3v) is 2.71. The minimum absolute atomic E-state index is 0.00220. The van der Waals surface area contributed by atoms with Gasteiger partial charge in [0.15, 0.2) is 5.78 Å². The molecular formula is C12H13ClF3NO2. The predicted molar refractivity (Wildman–Crippen MR) is 64.2 cm³/mol. The number of carbonyl (C=O) groups excluding carboxylic acids is 1. The van der Waals surface area contributed by atoms with Gasteiger partial charge < -0.3 is 4.74 Å². The summed E-state index contributed by atoms with van der Waals surface area (Å²) >= 11 is 5.63. The molecule has 1 aromatic heterocycles. The maximum Gasteiger partial charge on any atom is 0.433 e. The van der Waals surface area contributed by atoms with E-state index in [0.717, 1.165) is 12.1 Å². The Morgan fingerprint density at radius 2 is 2.11 bits per heavy atom. The fourth-order valence-electron chi connectivity index (χ4n) is 1.57. The number of methoxy groups -OCH3 is 1. The molecule has 1 rings (SSSR count). The van der Waals surface area contributed by atoms with Crippen LogP contribution in [0.25, 0.3) is 0 Å². The van der Waals surface area contributed by atoms with E-state index in [-0.39, 0.29) is 23.7 Å². The quantitative estimate of drug-likeness (QED) is 0.615. The van der Waals surface area contributed by atoms with Gasteiger partial charge in [0.05, 0.1) is 5.56 Å². The molecule has 0 spiro atoms. The van der Waals surface area contributed by atoms with E-state index in [2.05, 4.69) is 4.98 Å². The van der Waals surface area contributed by atoms with Crippen LogP contribution in [0.2, 0.25) is 5.15 Å². The minimum Gasteiger partial charge on any atom is -0.384 e. The van der Waals surface area contributed by atoms with Crippen LogP contribution in [0.5, 0.6) is 0 Å². The third-order valence-electron chi connectivity index (χ3n) is 2.42. The number of nitrogens with zero attached hydrogens (tertiary/aromatic N) is 1. The highest BCUT2D eigenvalue weighted by Crippen LogP contribution is 2.29. The second-order valence-corrected chi connectivity index (χ2v) is 4.58. The summed E-state index contributed by atoms with van der Waals surface area (Å²) in [6, 6.07) is 1.81. The lowest BCUT2D eigenvalue weighted by atomic mass is 10.0. The molecule has 106 valence electrons. The highest BCUT2D eigenvalue weighted by atomic mass is 35.5. The number of hydrogen-bond acceptors (Lipinski definition) is 3. The number of pyridine rings is 1. The summed E-state index contributed by atoms with van der Waals surface area (Å²) in [7, 11) is 1.51. The first-order chi connectivity index (χ1) is 8.75. The number of alkyl halides is 3. The highest BCUT2D eigenvalue weighted by molar-refractivity contribution is 6.32. The third kappa shape index (κ3) is 4.47. The highest BCUT2D eigenvalue weighted by Gasteiger charge is 2.33. The zero-order valence-corrected chi connectivity index (χ0v) is 11.2. The van der Waals surface area contributed by atoms with E-state index in [4.69, 9.17) is 16.3 Å². The summed E-state index contributed by atoms with van der Waals surface area (Å²) in [5.74, 6) is -0.397. The first kappa shape index (κ1) is 15.9. The molecule has 0 aliphatic carbocycles. The molecule has 1 unspecified atom stereocenters. The van der Waals surface area contributed by atoms with Crippen molar-refractivity contribution in [3.8, 4) is 0 Å². The van der Waals surface area contributed by atoms with Crippen molar-refractivity contribution in [2.24, 2.45) is 5.92 Å². The van der Waals surface area contributed by atoms with E-state index >= 15 is 0 Å². The summed E-state index contributed by atoms with van der Waals surface area (Å²) in [4.78, 5) is 15.1. The van der Waals surface area contributed by atoms with Crippen LogP contribution < -0.4 is 0 Å². The van der Waals surface area contributed by atoms with Gasteiger partial charge >= 0.3 is 6.18 Å². The Balaban J connectivity index is 2.88. The number of halogens is 4. The number of aromatic nitrogens is 1. The van der Waals surface area contributed by atoms with Crippen LogP contribution in [0.1, 0.15) is 29.4 Å². The van der Waals surface area contributed by atoms with E-state index in [1.54, 1.807) is 6.92 Å². The predicted octanol–water partition coefficient (Wildman–Crippen LogP) is 3.61. The molecule has 0 fully saturated rings. The van der Waals surface area contributed by atoms with Gasteiger partial charge in [-0.25, -0.2) is 4.98 Å². The molecule has 0 aromatic carbocycles. The van der Waals surface area contributed by atoms with Gasteiger partial charge in [-0.15, -0.1) is 0 Å². The normalized spacial score (nSPS) is 13.4. The Morgan fingerprint density at radius 1 is 1.47 bits per heavy atom. The van der Waals surface area contributed by atoms with E-state index in [0.29, 0.717) is 6.61 Å². The first-order valence-electron chi connectivity index (χ1n) is 5.51. The molecule has 0 saturated heterocycles. The van der Waals surface area contributed by atoms with Crippen molar-refractivity contribution in [3.63, 3.8) is 0 Å². The van der Waals surface area contributed by atoms with Crippen LogP contribution in [0.3, 0.4) is 0 Å². The molecular weight excluding hydrogens is 283 g/mol. The maximum absolute atomic E-state index is 12.4. The SMILES string of the molecule is COCC(C)CC(=O)c1ccc(C(F)(F)F)nc1Cl. The standard InChI is InChI=1S/C12H13ClF3NO2/c1-7(6-19-2)5-9(18)8-3-4-10(12(14,15)16)17-11(8)13/h3-4,7H,5-6H2,1-2H3. The van der Waals surface area contributed by atoms with E-state index < -0.39 is 17.0 Å². The van der Waals surface area contributed by atoms with Crippen LogP contribution in [0, 0.1) is 5.92 Å². The summed E-state index contributed by atoms with van der Waals surface area (Å²) in [5.41, 5.74) is -1.11. The summed E-state index contributed by atoms with van der Waals surface area (Å²) < 4.78 is 42.1. The second kappa shape index (κ2) is 6.34. The fourth-order valence-corrected chi connectivity index (χ4v) is 1.83. The van der Waals surface area contributed by atoms with Crippen LogP contribution in [-0.2, 0) is 10.9 Å². The van der Waals surface area contributed by atoms with Crippen molar-refractivity contribution in [1.82, 2.24) is 4.98 Å². The average molecular weight is 296 g/mol. The number of hydrogen-bond donors (Lipinski definition) is 0. The van der Waals surface area contributed by atoms with Crippen LogP contribution in [0.4, 0.5) is 13.2 Å². The van der Waals surface area contributed by atoms with Crippen molar-refractivity contribution in [2.45, 2.75) is 19.5 Å². The van der Waals surface area contributed by atoms with Crippen molar-refractivity contribution in [2.75, 3.05) is 13.7 Å². The number of ether oxygens (including phenoxy) is 1. The Kier molecular flexibility index (Phi) is 5.31. The van der Waals surface area contributed by atoms with Crippen molar-refractivity contribution < 1.29 is 22.7 Å². The van der Waals surface area contributed by atoms with Gasteiger partial charge in [0, 0.05) is 20.1 Å². The van der Waals surface area contributed by atoms with Crippen molar-refractivity contribution >= 4 is 17.4 Å². The molecule has 3 nitrogen and oxygen atoms in total. The van der Waals surface area contributed by atoms with Crippen molar-refractivity contribution in [3.05, 3.63) is 28.5 Å². The topological polar surface area (TPSA) is 39.2 Å². The maximum atomic E-state index is 12.4. The van der Waals surface area contributed by atoms with E-state index in [1.165, 1.54) is 7.11 Å². The molecule has 0 aliphatic rings. The number of ketones is 1. The van der Waals surface area contributed by atoms with Crippen LogP contribution in [-0.4, -0.2) is 24.5 Å². The minimum atomic E-state index is -4.57. The molecule has 7 heteroatoms. The lowest BCUT2D eigenvalue weighted by Crippen LogP contribution is -2.13. The Bertz CT molecular complexity index is 463. The van der Waals surface area contributed by atoms with Gasteiger partial charge in [0.2, 0.25) is 0 Å². The molecule has 1 aromatic rings. The molecule has 0 radical (unpaired) electrons.